The van der Waals surface area contributed by atoms with Crippen LogP contribution in [0.25, 0.3) is 5.69 Å². The molecule has 2 aliphatic carbocycles. The lowest BCUT2D eigenvalue weighted by atomic mass is 9.92. The first-order chi connectivity index (χ1) is 12.0. The summed E-state index contributed by atoms with van der Waals surface area (Å²) in [6, 6.07) is 3.12. The second kappa shape index (κ2) is 5.91. The highest BCUT2D eigenvalue weighted by atomic mass is 19.1. The van der Waals surface area contributed by atoms with Gasteiger partial charge in [0.2, 0.25) is 5.91 Å². The Bertz CT molecular complexity index is 809. The molecule has 1 atom stereocenters. The van der Waals surface area contributed by atoms with Crippen LogP contribution in [-0.2, 0) is 11.2 Å². The number of aromatic nitrogens is 2. The number of nitrogens with zero attached hydrogens (tertiary/aromatic N) is 2. The monoisotopic (exact) mass is 347 g/mol. The van der Waals surface area contributed by atoms with Crippen LogP contribution in [0, 0.1) is 17.0 Å². The standard InChI is InChI=1S/C18H19F2N3O2/c19-11-6-12(20)8-13(7-11)23-16-3-1-2-15(14(16)9-21-23)22-17(25)18(10-24)4-5-18/h6-9,15,24H,1-5,10H2,(H,22,25)/t15-/m0/s1. The fourth-order valence-corrected chi connectivity index (χ4v) is 3.51. The zero-order valence-electron chi connectivity index (χ0n) is 13.6. The van der Waals surface area contributed by atoms with Crippen LogP contribution in [0.5, 0.6) is 0 Å². The molecule has 1 amide bonds. The molecule has 7 heteroatoms. The van der Waals surface area contributed by atoms with E-state index < -0.39 is 17.0 Å². The topological polar surface area (TPSA) is 67.2 Å². The predicted molar refractivity (Wildman–Crippen MR) is 86.1 cm³/mol. The number of hydrogen-bond donors (Lipinski definition) is 2. The Labute approximate surface area is 143 Å². The van der Waals surface area contributed by atoms with E-state index in [-0.39, 0.29) is 18.6 Å². The van der Waals surface area contributed by atoms with Gasteiger partial charge in [0.05, 0.1) is 29.9 Å². The molecule has 2 aliphatic rings. The van der Waals surface area contributed by atoms with Crippen LogP contribution in [0.4, 0.5) is 8.78 Å². The zero-order chi connectivity index (χ0) is 17.6. The van der Waals surface area contributed by atoms with Gasteiger partial charge < -0.3 is 10.4 Å². The Hall–Kier alpha value is -2.28. The number of fused-ring (bicyclic) bond motifs is 1. The van der Waals surface area contributed by atoms with E-state index >= 15 is 0 Å². The number of halogens is 2. The fourth-order valence-electron chi connectivity index (χ4n) is 3.51. The van der Waals surface area contributed by atoms with Gasteiger partial charge in [-0.05, 0) is 44.2 Å². The van der Waals surface area contributed by atoms with E-state index in [0.29, 0.717) is 18.5 Å². The van der Waals surface area contributed by atoms with Gasteiger partial charge in [-0.25, -0.2) is 13.5 Å². The molecule has 1 saturated carbocycles. The highest BCUT2D eigenvalue weighted by Gasteiger charge is 2.50. The first kappa shape index (κ1) is 16.2. The van der Waals surface area contributed by atoms with Crippen LogP contribution in [0.2, 0.25) is 0 Å². The molecule has 0 unspecified atom stereocenters. The number of aliphatic hydroxyl groups excluding tert-OH is 1. The van der Waals surface area contributed by atoms with E-state index in [0.717, 1.165) is 36.6 Å². The highest BCUT2D eigenvalue weighted by molar-refractivity contribution is 5.85. The molecule has 1 aromatic carbocycles. The quantitative estimate of drug-likeness (QED) is 0.893. The van der Waals surface area contributed by atoms with Gasteiger partial charge >= 0.3 is 0 Å². The van der Waals surface area contributed by atoms with Gasteiger partial charge in [0.1, 0.15) is 11.6 Å². The minimum absolute atomic E-state index is 0.127. The van der Waals surface area contributed by atoms with E-state index in [4.69, 9.17) is 0 Å². The summed E-state index contributed by atoms with van der Waals surface area (Å²) in [6.07, 6.45) is 5.41. The molecule has 1 fully saturated rings. The summed E-state index contributed by atoms with van der Waals surface area (Å²) in [7, 11) is 0. The average molecular weight is 347 g/mol. The van der Waals surface area contributed by atoms with Crippen molar-refractivity contribution in [2.75, 3.05) is 6.61 Å². The minimum atomic E-state index is -0.654. The fraction of sp³-hybridized carbons (Fsp3) is 0.444. The summed E-state index contributed by atoms with van der Waals surface area (Å²) in [5.74, 6) is -1.44. The van der Waals surface area contributed by atoms with Gasteiger partial charge in [0.15, 0.2) is 0 Å². The summed E-state index contributed by atoms with van der Waals surface area (Å²) in [5, 5.41) is 16.7. The summed E-state index contributed by atoms with van der Waals surface area (Å²) >= 11 is 0. The van der Waals surface area contributed by atoms with Gasteiger partial charge in [0.25, 0.3) is 0 Å². The van der Waals surface area contributed by atoms with Crippen molar-refractivity contribution in [3.05, 3.63) is 47.3 Å². The summed E-state index contributed by atoms with van der Waals surface area (Å²) in [5.41, 5.74) is 1.44. The summed E-state index contributed by atoms with van der Waals surface area (Å²) in [4.78, 5) is 12.4. The molecule has 0 spiro atoms. The lowest BCUT2D eigenvalue weighted by molar-refractivity contribution is -0.128. The second-order valence-electron chi connectivity index (χ2n) is 6.94. The molecule has 2 N–H and O–H groups in total. The number of aliphatic hydroxyl groups is 1. The Balaban J connectivity index is 1.63. The summed E-state index contributed by atoms with van der Waals surface area (Å²) in [6.45, 7) is -0.139. The Morgan fingerprint density at radius 3 is 2.68 bits per heavy atom. The molecule has 0 radical (unpaired) electrons. The number of carbonyl (C=O) groups is 1. The Kier molecular flexibility index (Phi) is 3.83. The molecule has 132 valence electrons. The maximum Gasteiger partial charge on any atom is 0.229 e. The zero-order valence-corrected chi connectivity index (χ0v) is 13.6. The van der Waals surface area contributed by atoms with Crippen LogP contribution in [0.3, 0.4) is 0 Å². The molecular formula is C18H19F2N3O2. The van der Waals surface area contributed by atoms with Crippen molar-refractivity contribution < 1.29 is 18.7 Å². The maximum atomic E-state index is 13.5. The van der Waals surface area contributed by atoms with Crippen molar-refractivity contribution in [2.45, 2.75) is 38.1 Å². The van der Waals surface area contributed by atoms with E-state index in [1.807, 2.05) is 0 Å². The molecule has 4 rings (SSSR count). The van der Waals surface area contributed by atoms with Crippen molar-refractivity contribution in [1.82, 2.24) is 15.1 Å². The largest absolute Gasteiger partial charge is 0.395 e. The second-order valence-corrected chi connectivity index (χ2v) is 6.94. The molecule has 1 heterocycles. The van der Waals surface area contributed by atoms with Gasteiger partial charge in [-0.2, -0.15) is 5.10 Å². The highest BCUT2D eigenvalue weighted by Crippen LogP contribution is 2.46. The Morgan fingerprint density at radius 2 is 2.04 bits per heavy atom. The van der Waals surface area contributed by atoms with Crippen molar-refractivity contribution >= 4 is 5.91 Å². The number of carbonyl (C=O) groups excluding carboxylic acids is 1. The molecule has 2 aromatic rings. The molecule has 5 nitrogen and oxygen atoms in total. The van der Waals surface area contributed by atoms with Gasteiger partial charge in [0, 0.05) is 17.3 Å². The van der Waals surface area contributed by atoms with Crippen LogP contribution >= 0.6 is 0 Å². The van der Waals surface area contributed by atoms with E-state index in [9.17, 15) is 18.7 Å². The molecule has 0 aliphatic heterocycles. The SMILES string of the molecule is O=C(N[C@H]1CCCc2c1cnn2-c1cc(F)cc(F)c1)C1(CO)CC1. The normalized spacial score (nSPS) is 20.8. The maximum absolute atomic E-state index is 13.5. The van der Waals surface area contributed by atoms with Crippen molar-refractivity contribution in [1.29, 1.82) is 0 Å². The van der Waals surface area contributed by atoms with Crippen LogP contribution < -0.4 is 5.32 Å². The number of amides is 1. The third-order valence-corrected chi connectivity index (χ3v) is 5.22. The lowest BCUT2D eigenvalue weighted by Crippen LogP contribution is -2.38. The Morgan fingerprint density at radius 1 is 1.32 bits per heavy atom. The molecular weight excluding hydrogens is 328 g/mol. The predicted octanol–water partition coefficient (Wildman–Crippen LogP) is 2.42. The van der Waals surface area contributed by atoms with Crippen molar-refractivity contribution in [2.24, 2.45) is 5.41 Å². The minimum Gasteiger partial charge on any atom is -0.395 e. The molecule has 0 saturated heterocycles. The van der Waals surface area contributed by atoms with Crippen LogP contribution in [-0.4, -0.2) is 27.4 Å². The smallest absolute Gasteiger partial charge is 0.229 e. The number of rotatable bonds is 4. The van der Waals surface area contributed by atoms with E-state index in [1.165, 1.54) is 12.1 Å². The number of nitrogens with one attached hydrogen (secondary N) is 1. The number of benzene rings is 1. The molecule has 1 aromatic heterocycles. The summed E-state index contributed by atoms with van der Waals surface area (Å²) < 4.78 is 28.6. The van der Waals surface area contributed by atoms with E-state index in [2.05, 4.69) is 10.4 Å². The third-order valence-electron chi connectivity index (χ3n) is 5.22. The third kappa shape index (κ3) is 2.82. The first-order valence-electron chi connectivity index (χ1n) is 8.47. The first-order valence-corrected chi connectivity index (χ1v) is 8.47. The van der Waals surface area contributed by atoms with Crippen molar-refractivity contribution in [3.63, 3.8) is 0 Å². The van der Waals surface area contributed by atoms with Crippen LogP contribution in [0.15, 0.2) is 24.4 Å². The van der Waals surface area contributed by atoms with Crippen molar-refractivity contribution in [3.8, 4) is 5.69 Å². The van der Waals surface area contributed by atoms with Gasteiger partial charge in [-0.1, -0.05) is 0 Å². The molecule has 0 bridgehead atoms. The molecule has 25 heavy (non-hydrogen) atoms. The lowest BCUT2D eigenvalue weighted by Gasteiger charge is -2.26. The average Bonchev–Trinajstić information content (AvgIpc) is 3.26. The van der Waals surface area contributed by atoms with Gasteiger partial charge in [-0.3, -0.25) is 4.79 Å². The number of hydrogen-bond acceptors (Lipinski definition) is 3. The van der Waals surface area contributed by atoms with Gasteiger partial charge in [-0.15, -0.1) is 0 Å². The van der Waals surface area contributed by atoms with Crippen LogP contribution in [0.1, 0.15) is 43.0 Å². The van der Waals surface area contributed by atoms with E-state index in [1.54, 1.807) is 10.9 Å².